The van der Waals surface area contributed by atoms with Crippen LogP contribution in [-0.2, 0) is 5.41 Å². The van der Waals surface area contributed by atoms with Gasteiger partial charge in [-0.2, -0.15) is 11.3 Å². The molecule has 0 bridgehead atoms. The van der Waals surface area contributed by atoms with Crippen molar-refractivity contribution in [2.24, 2.45) is 0 Å². The molecule has 2 aromatic heterocycles. The van der Waals surface area contributed by atoms with Gasteiger partial charge in [-0.3, -0.25) is 0 Å². The number of para-hydroxylation sites is 2. The highest BCUT2D eigenvalue weighted by atomic mass is 32.1. The predicted octanol–water partition coefficient (Wildman–Crippen LogP) is 7.62. The van der Waals surface area contributed by atoms with Crippen molar-refractivity contribution in [3.63, 3.8) is 0 Å². The molecule has 0 aliphatic carbocycles. The summed E-state index contributed by atoms with van der Waals surface area (Å²) >= 11 is 3.31. The Labute approximate surface area is 160 Å². The summed E-state index contributed by atoms with van der Waals surface area (Å²) in [6.07, 6.45) is 0. The maximum absolute atomic E-state index is 7.73. The molecule has 0 radical (unpaired) electrons. The second-order valence-corrected chi connectivity index (χ2v) is 8.92. The van der Waals surface area contributed by atoms with E-state index in [1.165, 1.54) is 31.9 Å². The molecule has 0 saturated carbocycles. The van der Waals surface area contributed by atoms with E-state index in [-0.39, 0.29) is 5.41 Å². The molecule has 0 unspecified atom stereocenters. The third-order valence-electron chi connectivity index (χ3n) is 5.22. The van der Waals surface area contributed by atoms with E-state index in [4.69, 9.17) is 6.57 Å². The summed E-state index contributed by atoms with van der Waals surface area (Å²) in [5.74, 6) is 0. The number of fused-ring (bicyclic) bond motifs is 3. The van der Waals surface area contributed by atoms with E-state index in [2.05, 4.69) is 83.6 Å². The van der Waals surface area contributed by atoms with Crippen LogP contribution in [0.15, 0.2) is 60.0 Å². The van der Waals surface area contributed by atoms with Gasteiger partial charge in [0.15, 0.2) is 0 Å². The highest BCUT2D eigenvalue weighted by molar-refractivity contribution is 7.30. The molecule has 1 aliphatic heterocycles. The summed E-state index contributed by atoms with van der Waals surface area (Å²) in [4.78, 5) is 6.18. The molecule has 0 spiro atoms. The molecule has 26 heavy (non-hydrogen) atoms. The molecule has 0 N–H and O–H groups in total. The molecule has 4 aromatic rings. The zero-order valence-electron chi connectivity index (χ0n) is 14.5. The highest BCUT2D eigenvalue weighted by Gasteiger charge is 2.38. The van der Waals surface area contributed by atoms with Crippen LogP contribution >= 0.6 is 22.7 Å². The molecule has 126 valence electrons. The Kier molecular flexibility index (Phi) is 3.27. The van der Waals surface area contributed by atoms with Gasteiger partial charge in [-0.25, -0.2) is 4.85 Å². The average molecular weight is 373 g/mol. The van der Waals surface area contributed by atoms with Gasteiger partial charge in [0, 0.05) is 21.5 Å². The van der Waals surface area contributed by atoms with E-state index >= 15 is 0 Å². The molecule has 0 atom stereocenters. The monoisotopic (exact) mass is 372 g/mol. The van der Waals surface area contributed by atoms with Crippen LogP contribution in [0.3, 0.4) is 0 Å². The maximum atomic E-state index is 7.73. The Bertz CT molecular complexity index is 1140. The number of benzene rings is 2. The van der Waals surface area contributed by atoms with Crippen LogP contribution in [0.25, 0.3) is 14.2 Å². The lowest BCUT2D eigenvalue weighted by Gasteiger charge is -2.42. The SMILES string of the molecule is [C-]#[N+]c1sc2ccsc2c1N1c2ccccc2C(C)(C)c2ccccc21. The first-order valence-corrected chi connectivity index (χ1v) is 10.2. The van der Waals surface area contributed by atoms with Crippen molar-refractivity contribution in [1.82, 2.24) is 0 Å². The summed E-state index contributed by atoms with van der Waals surface area (Å²) < 4.78 is 2.39. The Hall–Kier alpha value is -2.61. The quantitative estimate of drug-likeness (QED) is 0.312. The molecular formula is C22H16N2S2. The zero-order chi connectivity index (χ0) is 17.9. The average Bonchev–Trinajstić information content (AvgIpc) is 3.24. The summed E-state index contributed by atoms with van der Waals surface area (Å²) in [6.45, 7) is 12.3. The van der Waals surface area contributed by atoms with Crippen molar-refractivity contribution in [3.05, 3.63) is 82.5 Å². The van der Waals surface area contributed by atoms with Crippen LogP contribution in [0.2, 0.25) is 0 Å². The summed E-state index contributed by atoms with van der Waals surface area (Å²) in [5, 5.41) is 2.88. The molecule has 0 fully saturated rings. The Morgan fingerprint density at radius 1 is 0.923 bits per heavy atom. The number of hydrogen-bond donors (Lipinski definition) is 0. The molecule has 5 rings (SSSR count). The van der Waals surface area contributed by atoms with Gasteiger partial charge in [-0.15, -0.1) is 11.3 Å². The van der Waals surface area contributed by atoms with E-state index in [0.29, 0.717) is 0 Å². The third kappa shape index (κ3) is 1.96. The van der Waals surface area contributed by atoms with E-state index in [0.717, 1.165) is 10.7 Å². The smallest absolute Gasteiger partial charge is 0.266 e. The summed E-state index contributed by atoms with van der Waals surface area (Å²) in [6, 6.07) is 19.3. The fourth-order valence-corrected chi connectivity index (χ4v) is 6.10. The lowest BCUT2D eigenvalue weighted by molar-refractivity contribution is 0.632. The van der Waals surface area contributed by atoms with Crippen molar-refractivity contribution < 1.29 is 0 Å². The van der Waals surface area contributed by atoms with Crippen LogP contribution in [0, 0.1) is 6.57 Å². The van der Waals surface area contributed by atoms with Crippen LogP contribution in [0.5, 0.6) is 0 Å². The fourth-order valence-electron chi connectivity index (χ4n) is 3.98. The zero-order valence-corrected chi connectivity index (χ0v) is 16.1. The van der Waals surface area contributed by atoms with E-state index in [9.17, 15) is 0 Å². The van der Waals surface area contributed by atoms with Gasteiger partial charge >= 0.3 is 0 Å². The lowest BCUT2D eigenvalue weighted by atomic mass is 9.73. The second kappa shape index (κ2) is 5.44. The second-order valence-electron chi connectivity index (χ2n) is 6.98. The molecule has 0 saturated heterocycles. The molecule has 3 heterocycles. The first-order chi connectivity index (χ1) is 12.6. The van der Waals surface area contributed by atoms with Gasteiger partial charge < -0.3 is 4.90 Å². The molecular weight excluding hydrogens is 356 g/mol. The van der Waals surface area contributed by atoms with Gasteiger partial charge in [0.1, 0.15) is 0 Å². The number of hydrogen-bond acceptors (Lipinski definition) is 3. The first-order valence-electron chi connectivity index (χ1n) is 8.49. The Morgan fingerprint density at radius 3 is 2.15 bits per heavy atom. The molecule has 2 nitrogen and oxygen atoms in total. The largest absolute Gasteiger partial charge is 0.317 e. The van der Waals surface area contributed by atoms with E-state index in [1.807, 2.05) is 0 Å². The van der Waals surface area contributed by atoms with Crippen molar-refractivity contribution in [3.8, 4) is 0 Å². The van der Waals surface area contributed by atoms with Gasteiger partial charge in [0.05, 0.1) is 17.0 Å². The standard InChI is InChI=1S/C22H16N2S2/c1-22(2)14-8-4-6-10-16(14)24(17-11-7-5-9-15(17)22)19-20-18(12-13-25-20)26-21(19)23-3/h4-13H,1-2H3. The Balaban J connectivity index is 1.91. The first kappa shape index (κ1) is 15.6. The van der Waals surface area contributed by atoms with Crippen LogP contribution in [-0.4, -0.2) is 0 Å². The normalized spacial score (nSPS) is 14.7. The highest BCUT2D eigenvalue weighted by Crippen LogP contribution is 2.57. The lowest BCUT2D eigenvalue weighted by Crippen LogP contribution is -2.30. The van der Waals surface area contributed by atoms with Gasteiger partial charge in [-0.1, -0.05) is 50.2 Å². The number of thiophene rings is 2. The van der Waals surface area contributed by atoms with Crippen molar-refractivity contribution >= 4 is 54.1 Å². The van der Waals surface area contributed by atoms with Gasteiger partial charge in [0.25, 0.3) is 5.00 Å². The fraction of sp³-hybridized carbons (Fsp3) is 0.136. The van der Waals surface area contributed by atoms with Crippen molar-refractivity contribution in [2.75, 3.05) is 4.90 Å². The molecule has 0 amide bonds. The van der Waals surface area contributed by atoms with E-state index < -0.39 is 0 Å². The predicted molar refractivity (Wildman–Crippen MR) is 113 cm³/mol. The number of anilines is 3. The topological polar surface area (TPSA) is 7.60 Å². The number of rotatable bonds is 1. The van der Waals surface area contributed by atoms with Crippen LogP contribution in [0.1, 0.15) is 25.0 Å². The minimum Gasteiger partial charge on any atom is -0.317 e. The van der Waals surface area contributed by atoms with Crippen molar-refractivity contribution in [1.29, 1.82) is 0 Å². The number of nitrogens with zero attached hydrogens (tertiary/aromatic N) is 2. The van der Waals surface area contributed by atoms with E-state index in [1.54, 1.807) is 22.7 Å². The minimum absolute atomic E-state index is 0.0768. The minimum atomic E-state index is -0.0768. The Morgan fingerprint density at radius 2 is 1.54 bits per heavy atom. The maximum Gasteiger partial charge on any atom is 0.266 e. The third-order valence-corrected chi connectivity index (χ3v) is 7.30. The summed E-state index contributed by atoms with van der Waals surface area (Å²) in [5.41, 5.74) is 5.90. The molecule has 4 heteroatoms. The summed E-state index contributed by atoms with van der Waals surface area (Å²) in [7, 11) is 0. The molecule has 2 aromatic carbocycles. The van der Waals surface area contributed by atoms with Crippen molar-refractivity contribution in [2.45, 2.75) is 19.3 Å². The van der Waals surface area contributed by atoms with Crippen LogP contribution in [0.4, 0.5) is 22.1 Å². The van der Waals surface area contributed by atoms with Gasteiger partial charge in [-0.05, 0) is 34.7 Å². The van der Waals surface area contributed by atoms with Gasteiger partial charge in [0.2, 0.25) is 0 Å². The van der Waals surface area contributed by atoms with Crippen LogP contribution < -0.4 is 4.90 Å². The molecule has 1 aliphatic rings.